The average Bonchev–Trinajstić information content (AvgIpc) is 2.30. The molecule has 0 radical (unpaired) electrons. The van der Waals surface area contributed by atoms with Crippen LogP contribution in [0.1, 0.15) is 5.69 Å². The Morgan fingerprint density at radius 3 is 2.73 bits per heavy atom. The molecular weight excluding hydrogens is 233 g/mol. The first-order valence-electron chi connectivity index (χ1n) is 4.13. The molecule has 0 aliphatic rings. The highest BCUT2D eigenvalue weighted by Gasteiger charge is 2.12. The monoisotopic (exact) mass is 245 g/mol. The molecule has 0 aromatic carbocycles. The van der Waals surface area contributed by atoms with Crippen molar-refractivity contribution in [3.63, 3.8) is 0 Å². The molecule has 0 saturated carbocycles. The SMILES string of the molecule is COP(=S)(N/N=C/c1ccccn1)OC. The van der Waals surface area contributed by atoms with Crippen LogP contribution in [0, 0.1) is 0 Å². The van der Waals surface area contributed by atoms with Gasteiger partial charge in [-0.2, -0.15) is 5.10 Å². The van der Waals surface area contributed by atoms with Crippen LogP contribution < -0.4 is 5.20 Å². The van der Waals surface area contributed by atoms with Gasteiger partial charge in [-0.3, -0.25) is 4.98 Å². The van der Waals surface area contributed by atoms with Gasteiger partial charge in [0.1, 0.15) is 0 Å². The molecular formula is C8H12N3O2PS. The molecule has 0 aliphatic heterocycles. The zero-order valence-electron chi connectivity index (χ0n) is 8.45. The molecule has 1 aromatic rings. The smallest absolute Gasteiger partial charge is 0.302 e. The van der Waals surface area contributed by atoms with E-state index in [0.717, 1.165) is 5.69 Å². The Kier molecular flexibility index (Phi) is 4.84. The molecule has 0 aliphatic carbocycles. The summed E-state index contributed by atoms with van der Waals surface area (Å²) in [5.41, 5.74) is 0.735. The molecule has 0 spiro atoms. The molecule has 0 fully saturated rings. The van der Waals surface area contributed by atoms with Gasteiger partial charge in [0.05, 0.1) is 11.9 Å². The summed E-state index contributed by atoms with van der Waals surface area (Å²) in [5.74, 6) is 0. The highest BCUT2D eigenvalue weighted by Crippen LogP contribution is 2.41. The molecule has 0 amide bonds. The summed E-state index contributed by atoms with van der Waals surface area (Å²) < 4.78 is 9.97. The quantitative estimate of drug-likeness (QED) is 0.484. The maximum atomic E-state index is 5.04. The molecule has 1 N–H and O–H groups in total. The summed E-state index contributed by atoms with van der Waals surface area (Å²) in [6, 6.07) is 5.53. The van der Waals surface area contributed by atoms with Crippen LogP contribution in [0.25, 0.3) is 0 Å². The van der Waals surface area contributed by atoms with Crippen LogP contribution in [0.5, 0.6) is 0 Å². The van der Waals surface area contributed by atoms with Gasteiger partial charge in [0.15, 0.2) is 0 Å². The predicted molar refractivity (Wildman–Crippen MR) is 63.3 cm³/mol. The number of pyridine rings is 1. The van der Waals surface area contributed by atoms with Crippen molar-refractivity contribution in [1.82, 2.24) is 10.2 Å². The molecule has 15 heavy (non-hydrogen) atoms. The van der Waals surface area contributed by atoms with Gasteiger partial charge in [-0.15, -0.1) is 0 Å². The molecule has 1 rings (SSSR count). The van der Waals surface area contributed by atoms with Gasteiger partial charge in [0.2, 0.25) is 0 Å². The standard InChI is InChI=1S/C8H12N3O2PS/c1-12-14(15,13-2)11-10-7-8-5-3-4-6-9-8/h3-7H,1-2H3,(H,11,15)/b10-7+. The predicted octanol–water partition coefficient (Wildman–Crippen LogP) is 1.52. The number of hydrazone groups is 1. The minimum atomic E-state index is -2.46. The minimum Gasteiger partial charge on any atom is -0.316 e. The Bertz CT molecular complexity index is 363. The van der Waals surface area contributed by atoms with E-state index in [-0.39, 0.29) is 0 Å². The fourth-order valence-corrected chi connectivity index (χ4v) is 1.43. The second-order valence-electron chi connectivity index (χ2n) is 2.48. The van der Waals surface area contributed by atoms with Crippen molar-refractivity contribution in [3.05, 3.63) is 30.1 Å². The van der Waals surface area contributed by atoms with Crippen molar-refractivity contribution in [2.24, 2.45) is 5.10 Å². The van der Waals surface area contributed by atoms with Crippen molar-refractivity contribution in [2.75, 3.05) is 14.2 Å². The van der Waals surface area contributed by atoms with Gasteiger partial charge in [0.25, 0.3) is 0 Å². The third-order valence-electron chi connectivity index (χ3n) is 1.55. The first-order valence-corrected chi connectivity index (χ1v) is 6.77. The zero-order chi connectivity index (χ0) is 11.1. The molecule has 0 saturated heterocycles. The van der Waals surface area contributed by atoms with E-state index in [2.05, 4.69) is 15.3 Å². The summed E-state index contributed by atoms with van der Waals surface area (Å²) >= 11 is 5.04. The van der Waals surface area contributed by atoms with E-state index < -0.39 is 6.64 Å². The first-order chi connectivity index (χ1) is 7.20. The van der Waals surface area contributed by atoms with Gasteiger partial charge >= 0.3 is 6.64 Å². The van der Waals surface area contributed by atoms with Crippen LogP contribution in [-0.2, 0) is 20.9 Å². The Morgan fingerprint density at radius 1 is 1.47 bits per heavy atom. The molecule has 0 bridgehead atoms. The van der Waals surface area contributed by atoms with Gasteiger partial charge in [0, 0.05) is 20.4 Å². The lowest BCUT2D eigenvalue weighted by molar-refractivity contribution is 0.327. The fourth-order valence-electron chi connectivity index (χ4n) is 0.774. The van der Waals surface area contributed by atoms with E-state index in [1.54, 1.807) is 12.4 Å². The van der Waals surface area contributed by atoms with Gasteiger partial charge in [-0.1, -0.05) is 6.07 Å². The van der Waals surface area contributed by atoms with Crippen LogP contribution in [0.15, 0.2) is 29.5 Å². The van der Waals surface area contributed by atoms with Crippen molar-refractivity contribution >= 4 is 24.7 Å². The third-order valence-corrected chi connectivity index (χ3v) is 4.01. The number of nitrogens with zero attached hydrogens (tertiary/aromatic N) is 2. The van der Waals surface area contributed by atoms with Gasteiger partial charge in [-0.25, -0.2) is 5.20 Å². The number of aromatic nitrogens is 1. The molecule has 0 unspecified atom stereocenters. The second-order valence-corrected chi connectivity index (χ2v) is 5.84. The lowest BCUT2D eigenvalue weighted by atomic mass is 10.4. The summed E-state index contributed by atoms with van der Waals surface area (Å²) in [4.78, 5) is 4.06. The maximum Gasteiger partial charge on any atom is 0.302 e. The van der Waals surface area contributed by atoms with E-state index in [1.807, 2.05) is 18.2 Å². The molecule has 7 heteroatoms. The normalized spacial score (nSPS) is 11.9. The number of rotatable bonds is 5. The Balaban J connectivity index is 2.57. The van der Waals surface area contributed by atoms with E-state index in [4.69, 9.17) is 20.9 Å². The molecule has 5 nitrogen and oxygen atoms in total. The van der Waals surface area contributed by atoms with Crippen LogP contribution >= 0.6 is 6.64 Å². The Hall–Kier alpha value is -0.810. The largest absolute Gasteiger partial charge is 0.316 e. The molecule has 82 valence electrons. The topological polar surface area (TPSA) is 55.7 Å². The number of hydrogen-bond donors (Lipinski definition) is 1. The van der Waals surface area contributed by atoms with Crippen molar-refractivity contribution in [1.29, 1.82) is 0 Å². The lowest BCUT2D eigenvalue weighted by Gasteiger charge is -2.15. The third kappa shape index (κ3) is 4.05. The lowest BCUT2D eigenvalue weighted by Crippen LogP contribution is -2.05. The van der Waals surface area contributed by atoms with Crippen molar-refractivity contribution in [3.8, 4) is 0 Å². The summed E-state index contributed by atoms with van der Waals surface area (Å²) in [6.07, 6.45) is 3.24. The van der Waals surface area contributed by atoms with Crippen molar-refractivity contribution in [2.45, 2.75) is 0 Å². The highest BCUT2D eigenvalue weighted by molar-refractivity contribution is 8.08. The maximum absolute atomic E-state index is 5.04. The number of hydrogen-bond acceptors (Lipinski definition) is 5. The summed E-state index contributed by atoms with van der Waals surface area (Å²) in [6.45, 7) is -2.46. The summed E-state index contributed by atoms with van der Waals surface area (Å²) in [7, 11) is 2.96. The van der Waals surface area contributed by atoms with Gasteiger partial charge < -0.3 is 9.05 Å². The molecule has 0 atom stereocenters. The summed E-state index contributed by atoms with van der Waals surface area (Å²) in [5, 5.41) is 6.57. The van der Waals surface area contributed by atoms with Crippen LogP contribution in [0.2, 0.25) is 0 Å². The van der Waals surface area contributed by atoms with Crippen LogP contribution in [0.4, 0.5) is 0 Å². The number of nitrogens with one attached hydrogen (secondary N) is 1. The second kappa shape index (κ2) is 5.92. The van der Waals surface area contributed by atoms with E-state index in [9.17, 15) is 0 Å². The fraction of sp³-hybridized carbons (Fsp3) is 0.250. The van der Waals surface area contributed by atoms with E-state index in [0.29, 0.717) is 0 Å². The van der Waals surface area contributed by atoms with E-state index >= 15 is 0 Å². The minimum absolute atomic E-state index is 0.735. The van der Waals surface area contributed by atoms with E-state index in [1.165, 1.54) is 14.2 Å². The average molecular weight is 245 g/mol. The Morgan fingerprint density at radius 2 is 2.20 bits per heavy atom. The van der Waals surface area contributed by atoms with Crippen molar-refractivity contribution < 1.29 is 9.05 Å². The molecule has 1 aromatic heterocycles. The highest BCUT2D eigenvalue weighted by atomic mass is 32.5. The van der Waals surface area contributed by atoms with Crippen LogP contribution in [-0.4, -0.2) is 25.4 Å². The van der Waals surface area contributed by atoms with Crippen LogP contribution in [0.3, 0.4) is 0 Å². The first kappa shape index (κ1) is 12.3. The Labute approximate surface area is 93.7 Å². The van der Waals surface area contributed by atoms with Gasteiger partial charge in [-0.05, 0) is 23.9 Å². The molecule has 1 heterocycles. The zero-order valence-corrected chi connectivity index (χ0v) is 10.2.